The molecule has 0 atom stereocenters. The minimum atomic E-state index is -0.967. The Hall–Kier alpha value is -2.42. The first-order valence-corrected chi connectivity index (χ1v) is 5.51. The summed E-state index contributed by atoms with van der Waals surface area (Å²) in [5.41, 5.74) is 3.03. The van der Waals surface area contributed by atoms with Crippen LogP contribution < -0.4 is 0 Å². The molecule has 90 valence electrons. The van der Waals surface area contributed by atoms with Crippen LogP contribution in [0.25, 0.3) is 11.1 Å². The summed E-state index contributed by atoms with van der Waals surface area (Å²) in [5, 5.41) is 9.21. The summed E-state index contributed by atoms with van der Waals surface area (Å²) in [6, 6.07) is 12.2. The summed E-state index contributed by atoms with van der Waals surface area (Å²) in [4.78, 5) is 22.0. The average Bonchev–Trinajstić information content (AvgIpc) is 2.38. The second kappa shape index (κ2) is 4.84. The molecule has 0 bridgehead atoms. The molecule has 0 fully saturated rings. The third-order valence-electron chi connectivity index (χ3n) is 2.74. The molecule has 0 aliphatic carbocycles. The third-order valence-corrected chi connectivity index (χ3v) is 2.74. The van der Waals surface area contributed by atoms with Crippen LogP contribution in [0.5, 0.6) is 0 Å². The van der Waals surface area contributed by atoms with Crippen molar-refractivity contribution in [3.8, 4) is 11.1 Å². The lowest BCUT2D eigenvalue weighted by atomic mass is 9.97. The second-order valence-electron chi connectivity index (χ2n) is 4.10. The van der Waals surface area contributed by atoms with Gasteiger partial charge in [0.1, 0.15) is 6.29 Å². The van der Waals surface area contributed by atoms with Crippen LogP contribution in [0.4, 0.5) is 0 Å². The predicted octanol–water partition coefficient (Wildman–Crippen LogP) is 3.17. The summed E-state index contributed by atoms with van der Waals surface area (Å²) < 4.78 is 0. The number of aldehydes is 1. The van der Waals surface area contributed by atoms with E-state index in [1.54, 1.807) is 36.4 Å². The van der Waals surface area contributed by atoms with Gasteiger partial charge in [-0.25, -0.2) is 4.79 Å². The molecule has 3 heteroatoms. The van der Waals surface area contributed by atoms with Gasteiger partial charge in [-0.3, -0.25) is 4.79 Å². The van der Waals surface area contributed by atoms with Gasteiger partial charge in [-0.1, -0.05) is 35.9 Å². The Labute approximate surface area is 105 Å². The fourth-order valence-corrected chi connectivity index (χ4v) is 1.87. The van der Waals surface area contributed by atoms with Gasteiger partial charge in [-0.2, -0.15) is 0 Å². The van der Waals surface area contributed by atoms with Crippen LogP contribution in [-0.2, 0) is 0 Å². The van der Waals surface area contributed by atoms with Crippen LogP contribution in [0.2, 0.25) is 0 Å². The highest BCUT2D eigenvalue weighted by atomic mass is 16.4. The van der Waals surface area contributed by atoms with E-state index in [0.29, 0.717) is 11.1 Å². The van der Waals surface area contributed by atoms with Gasteiger partial charge < -0.3 is 5.11 Å². The number of rotatable bonds is 3. The highest BCUT2D eigenvalue weighted by molar-refractivity contribution is 5.96. The smallest absolute Gasteiger partial charge is 0.336 e. The van der Waals surface area contributed by atoms with E-state index < -0.39 is 5.97 Å². The van der Waals surface area contributed by atoms with E-state index in [2.05, 4.69) is 0 Å². The van der Waals surface area contributed by atoms with Crippen LogP contribution in [-0.4, -0.2) is 17.4 Å². The first-order valence-electron chi connectivity index (χ1n) is 5.51. The largest absolute Gasteiger partial charge is 0.478 e. The lowest BCUT2D eigenvalue weighted by Gasteiger charge is -2.08. The molecule has 18 heavy (non-hydrogen) atoms. The minimum absolute atomic E-state index is 0.248. The molecule has 0 heterocycles. The van der Waals surface area contributed by atoms with E-state index in [0.717, 1.165) is 17.4 Å². The van der Waals surface area contributed by atoms with Crippen molar-refractivity contribution in [2.75, 3.05) is 0 Å². The molecule has 0 saturated heterocycles. The van der Waals surface area contributed by atoms with E-state index in [4.69, 9.17) is 0 Å². The molecule has 3 nitrogen and oxygen atoms in total. The van der Waals surface area contributed by atoms with E-state index in [1.165, 1.54) is 0 Å². The Balaban J connectivity index is 2.62. The van der Waals surface area contributed by atoms with Gasteiger partial charge in [0, 0.05) is 5.56 Å². The zero-order valence-corrected chi connectivity index (χ0v) is 9.88. The molecule has 0 spiro atoms. The van der Waals surface area contributed by atoms with E-state index >= 15 is 0 Å². The SMILES string of the molecule is Cc1ccc(-c2cccc(C=O)c2)c(C(=O)O)c1. The van der Waals surface area contributed by atoms with Gasteiger partial charge in [0.25, 0.3) is 0 Å². The van der Waals surface area contributed by atoms with Crippen LogP contribution in [0.15, 0.2) is 42.5 Å². The third kappa shape index (κ3) is 2.30. The summed E-state index contributed by atoms with van der Waals surface area (Å²) in [5.74, 6) is -0.967. The van der Waals surface area contributed by atoms with Crippen molar-refractivity contribution < 1.29 is 14.7 Å². The maximum absolute atomic E-state index is 11.2. The summed E-state index contributed by atoms with van der Waals surface area (Å²) in [6.45, 7) is 1.85. The van der Waals surface area contributed by atoms with Gasteiger partial charge in [0.2, 0.25) is 0 Å². The van der Waals surface area contributed by atoms with Crippen molar-refractivity contribution in [1.29, 1.82) is 0 Å². The van der Waals surface area contributed by atoms with Crippen molar-refractivity contribution in [1.82, 2.24) is 0 Å². The fourth-order valence-electron chi connectivity index (χ4n) is 1.87. The van der Waals surface area contributed by atoms with Gasteiger partial charge in [0.15, 0.2) is 0 Å². The highest BCUT2D eigenvalue weighted by Crippen LogP contribution is 2.25. The first kappa shape index (κ1) is 12.0. The number of benzene rings is 2. The van der Waals surface area contributed by atoms with Gasteiger partial charge in [0.05, 0.1) is 5.56 Å². The molecule has 2 aromatic carbocycles. The van der Waals surface area contributed by atoms with Gasteiger partial charge in [-0.15, -0.1) is 0 Å². The molecular weight excluding hydrogens is 228 g/mol. The molecular formula is C15H12O3. The number of carbonyl (C=O) groups excluding carboxylic acids is 1. The van der Waals surface area contributed by atoms with Crippen LogP contribution in [0.3, 0.4) is 0 Å². The van der Waals surface area contributed by atoms with Crippen LogP contribution in [0, 0.1) is 6.92 Å². The van der Waals surface area contributed by atoms with Gasteiger partial charge in [-0.05, 0) is 30.2 Å². The van der Waals surface area contributed by atoms with Gasteiger partial charge >= 0.3 is 5.97 Å². The zero-order chi connectivity index (χ0) is 13.1. The Kier molecular flexibility index (Phi) is 3.24. The number of carboxylic acids is 1. The Morgan fingerprint density at radius 1 is 1.17 bits per heavy atom. The van der Waals surface area contributed by atoms with Crippen molar-refractivity contribution in [2.45, 2.75) is 6.92 Å². The quantitative estimate of drug-likeness (QED) is 0.838. The van der Waals surface area contributed by atoms with Crippen molar-refractivity contribution >= 4 is 12.3 Å². The molecule has 0 amide bonds. The normalized spacial score (nSPS) is 10.1. The minimum Gasteiger partial charge on any atom is -0.478 e. The Bertz CT molecular complexity index is 615. The topological polar surface area (TPSA) is 54.4 Å². The Morgan fingerprint density at radius 3 is 2.61 bits per heavy atom. The average molecular weight is 240 g/mol. The maximum atomic E-state index is 11.2. The summed E-state index contributed by atoms with van der Waals surface area (Å²) in [7, 11) is 0. The molecule has 0 aliphatic heterocycles. The lowest BCUT2D eigenvalue weighted by molar-refractivity contribution is 0.0697. The van der Waals surface area contributed by atoms with E-state index in [1.807, 2.05) is 13.0 Å². The van der Waals surface area contributed by atoms with Crippen molar-refractivity contribution in [2.24, 2.45) is 0 Å². The maximum Gasteiger partial charge on any atom is 0.336 e. The van der Waals surface area contributed by atoms with Crippen LogP contribution in [0.1, 0.15) is 26.3 Å². The standard InChI is InChI=1S/C15H12O3/c1-10-5-6-13(14(7-10)15(17)18)12-4-2-3-11(8-12)9-16/h2-9H,1H3,(H,17,18). The number of carboxylic acid groups (broad SMARTS) is 1. The van der Waals surface area contributed by atoms with Crippen LogP contribution >= 0.6 is 0 Å². The molecule has 2 aromatic rings. The summed E-state index contributed by atoms with van der Waals surface area (Å²) in [6.07, 6.45) is 0.748. The second-order valence-corrected chi connectivity index (χ2v) is 4.10. The zero-order valence-electron chi connectivity index (χ0n) is 9.88. The number of aryl methyl sites for hydroxylation is 1. The van der Waals surface area contributed by atoms with E-state index in [9.17, 15) is 14.7 Å². The number of hydrogen-bond acceptors (Lipinski definition) is 2. The molecule has 0 saturated carbocycles. The number of hydrogen-bond donors (Lipinski definition) is 1. The monoisotopic (exact) mass is 240 g/mol. The molecule has 1 N–H and O–H groups in total. The Morgan fingerprint density at radius 2 is 1.94 bits per heavy atom. The molecule has 0 aromatic heterocycles. The fraction of sp³-hybridized carbons (Fsp3) is 0.0667. The molecule has 0 aliphatic rings. The summed E-state index contributed by atoms with van der Waals surface area (Å²) >= 11 is 0. The molecule has 0 unspecified atom stereocenters. The first-order chi connectivity index (χ1) is 8.61. The highest BCUT2D eigenvalue weighted by Gasteiger charge is 2.11. The lowest BCUT2D eigenvalue weighted by Crippen LogP contribution is -2.00. The van der Waals surface area contributed by atoms with E-state index in [-0.39, 0.29) is 5.56 Å². The van der Waals surface area contributed by atoms with Crippen molar-refractivity contribution in [3.05, 3.63) is 59.2 Å². The number of aromatic carboxylic acids is 1. The number of carbonyl (C=O) groups is 2. The van der Waals surface area contributed by atoms with Crippen molar-refractivity contribution in [3.63, 3.8) is 0 Å². The predicted molar refractivity (Wildman–Crippen MR) is 69.0 cm³/mol. The molecule has 0 radical (unpaired) electrons. The molecule has 2 rings (SSSR count).